The second-order valence-corrected chi connectivity index (χ2v) is 7.52. The number of alkyl halides is 3. The van der Waals surface area contributed by atoms with E-state index in [0.717, 1.165) is 34.5 Å². The Balaban J connectivity index is 1.41. The Hall–Kier alpha value is -4.28. The van der Waals surface area contributed by atoms with Gasteiger partial charge in [-0.1, -0.05) is 30.3 Å². The molecule has 2 aromatic carbocycles. The van der Waals surface area contributed by atoms with Crippen LogP contribution >= 0.6 is 0 Å². The molecule has 8 nitrogen and oxygen atoms in total. The molecule has 0 fully saturated rings. The van der Waals surface area contributed by atoms with Gasteiger partial charge in [0.15, 0.2) is 0 Å². The zero-order valence-corrected chi connectivity index (χ0v) is 18.2. The summed E-state index contributed by atoms with van der Waals surface area (Å²) in [5.74, 6) is 0.0324. The summed E-state index contributed by atoms with van der Waals surface area (Å²) in [4.78, 5) is 20.4. The van der Waals surface area contributed by atoms with Crippen LogP contribution in [-0.2, 0) is 6.18 Å². The molecule has 2 N–H and O–H groups in total. The molecular formula is C23H20F3N6O2+. The predicted molar refractivity (Wildman–Crippen MR) is 117 cm³/mol. The average Bonchev–Trinajstić information content (AvgIpc) is 3.27. The minimum absolute atomic E-state index is 0.00720. The maximum Gasteiger partial charge on any atom is 0.416 e. The lowest BCUT2D eigenvalue weighted by Crippen LogP contribution is -2.39. The van der Waals surface area contributed by atoms with E-state index in [4.69, 9.17) is 4.52 Å². The van der Waals surface area contributed by atoms with Crippen LogP contribution in [-0.4, -0.2) is 21.3 Å². The fourth-order valence-corrected chi connectivity index (χ4v) is 3.31. The SMILES string of the molecule is Cc1ncncc1-c1ccc([C@@H](C)[n+]2cc(NC(=O)Nc3cccc(C(F)(F)F)c3)on2)cc1. The van der Waals surface area contributed by atoms with E-state index in [-0.39, 0.29) is 17.6 Å². The van der Waals surface area contributed by atoms with Gasteiger partial charge in [0.05, 0.1) is 5.56 Å². The first-order valence-corrected chi connectivity index (χ1v) is 10.2. The summed E-state index contributed by atoms with van der Waals surface area (Å²) in [5, 5.41) is 8.68. The third kappa shape index (κ3) is 5.20. The fraction of sp³-hybridized carbons (Fsp3) is 0.174. The fourth-order valence-electron chi connectivity index (χ4n) is 3.31. The Morgan fingerprint density at radius 3 is 2.59 bits per heavy atom. The number of carbonyl (C=O) groups is 1. The second-order valence-electron chi connectivity index (χ2n) is 7.52. The number of hydrogen-bond donors (Lipinski definition) is 2. The number of amides is 2. The first kappa shape index (κ1) is 22.9. The number of hydrogen-bond acceptors (Lipinski definition) is 5. The van der Waals surface area contributed by atoms with E-state index >= 15 is 0 Å². The van der Waals surface area contributed by atoms with Crippen molar-refractivity contribution in [2.45, 2.75) is 26.1 Å². The molecule has 11 heteroatoms. The molecule has 4 rings (SSSR count). The molecule has 2 heterocycles. The smallest absolute Gasteiger partial charge is 0.308 e. The first-order chi connectivity index (χ1) is 16.2. The summed E-state index contributed by atoms with van der Waals surface area (Å²) in [6, 6.07) is 11.2. The molecule has 0 aliphatic rings. The number of rotatable bonds is 5. The number of urea groups is 1. The Labute approximate surface area is 192 Å². The summed E-state index contributed by atoms with van der Waals surface area (Å²) in [7, 11) is 0. The number of halogens is 3. The van der Waals surface area contributed by atoms with Crippen molar-refractivity contribution in [1.29, 1.82) is 0 Å². The van der Waals surface area contributed by atoms with Crippen LogP contribution in [0.5, 0.6) is 0 Å². The third-order valence-corrected chi connectivity index (χ3v) is 5.18. The molecule has 0 saturated carbocycles. The molecule has 0 saturated heterocycles. The van der Waals surface area contributed by atoms with E-state index in [1.54, 1.807) is 6.20 Å². The van der Waals surface area contributed by atoms with Crippen molar-refractivity contribution in [2.75, 3.05) is 10.6 Å². The highest BCUT2D eigenvalue weighted by atomic mass is 19.4. The van der Waals surface area contributed by atoms with Gasteiger partial charge in [-0.3, -0.25) is 9.84 Å². The van der Waals surface area contributed by atoms with Gasteiger partial charge in [-0.25, -0.2) is 14.8 Å². The van der Waals surface area contributed by atoms with Crippen LogP contribution in [0.4, 0.5) is 29.5 Å². The zero-order valence-electron chi connectivity index (χ0n) is 18.2. The molecule has 0 radical (unpaired) electrons. The van der Waals surface area contributed by atoms with E-state index in [1.165, 1.54) is 29.3 Å². The number of nitrogens with one attached hydrogen (secondary N) is 2. The molecule has 0 spiro atoms. The summed E-state index contributed by atoms with van der Waals surface area (Å²) in [6.45, 7) is 3.82. The highest BCUT2D eigenvalue weighted by Gasteiger charge is 2.30. The number of benzene rings is 2. The van der Waals surface area contributed by atoms with Gasteiger partial charge in [0, 0.05) is 35.6 Å². The minimum Gasteiger partial charge on any atom is -0.308 e. The number of carbonyl (C=O) groups excluding carboxylic acids is 1. The summed E-state index contributed by atoms with van der Waals surface area (Å²) < 4.78 is 45.2. The Kier molecular flexibility index (Phi) is 6.26. The van der Waals surface area contributed by atoms with Crippen molar-refractivity contribution in [3.05, 3.63) is 84.1 Å². The van der Waals surface area contributed by atoms with Crippen LogP contribution < -0.4 is 15.3 Å². The van der Waals surface area contributed by atoms with Gasteiger partial charge >= 0.3 is 18.1 Å². The molecule has 34 heavy (non-hydrogen) atoms. The molecule has 1 atom stereocenters. The molecule has 0 bridgehead atoms. The monoisotopic (exact) mass is 469 g/mol. The van der Waals surface area contributed by atoms with Crippen molar-refractivity contribution >= 4 is 17.6 Å². The number of nitrogens with zero attached hydrogens (tertiary/aromatic N) is 4. The largest absolute Gasteiger partial charge is 0.416 e. The van der Waals surface area contributed by atoms with Gasteiger partial charge < -0.3 is 5.32 Å². The molecule has 0 aliphatic heterocycles. The van der Waals surface area contributed by atoms with Crippen LogP contribution in [0, 0.1) is 6.92 Å². The van der Waals surface area contributed by atoms with Crippen molar-refractivity contribution < 1.29 is 27.2 Å². The highest BCUT2D eigenvalue weighted by Crippen LogP contribution is 2.30. The molecule has 0 aliphatic carbocycles. The van der Waals surface area contributed by atoms with Gasteiger partial charge in [0.2, 0.25) is 11.3 Å². The van der Waals surface area contributed by atoms with Gasteiger partial charge in [0.25, 0.3) is 6.20 Å². The molecular weight excluding hydrogens is 449 g/mol. The molecule has 0 unspecified atom stereocenters. The lowest BCUT2D eigenvalue weighted by molar-refractivity contribution is -0.774. The Bertz CT molecular complexity index is 1300. The predicted octanol–water partition coefficient (Wildman–Crippen LogP) is 5.00. The van der Waals surface area contributed by atoms with E-state index in [0.29, 0.717) is 0 Å². The summed E-state index contributed by atoms with van der Waals surface area (Å²) >= 11 is 0. The van der Waals surface area contributed by atoms with Crippen LogP contribution in [0.15, 0.2) is 71.8 Å². The quantitative estimate of drug-likeness (QED) is 0.401. The standard InChI is InChI=1S/C23H19F3N6O2/c1-14-20(11-27-13-28-14)17-8-6-16(7-9-17)15(2)32-12-21(34-31-32)30-22(33)29-19-5-3-4-18(10-19)23(24,25)26/h3-13,15H,1-2H3,(H-,29,30,31,33)/p+1/t15-/m1/s1. The van der Waals surface area contributed by atoms with Gasteiger partial charge in [-0.15, -0.1) is 0 Å². The molecule has 2 amide bonds. The van der Waals surface area contributed by atoms with E-state index < -0.39 is 17.8 Å². The van der Waals surface area contributed by atoms with Crippen molar-refractivity contribution in [1.82, 2.24) is 15.2 Å². The molecule has 2 aromatic heterocycles. The maximum absolute atomic E-state index is 12.8. The zero-order chi connectivity index (χ0) is 24.3. The first-order valence-electron chi connectivity index (χ1n) is 10.2. The van der Waals surface area contributed by atoms with Crippen LogP contribution in [0.3, 0.4) is 0 Å². The van der Waals surface area contributed by atoms with E-state index in [9.17, 15) is 18.0 Å². The molecule has 174 valence electrons. The minimum atomic E-state index is -4.51. The topological polar surface area (TPSA) is 96.8 Å². The van der Waals surface area contributed by atoms with Crippen LogP contribution in [0.1, 0.15) is 29.8 Å². The second kappa shape index (κ2) is 9.30. The maximum atomic E-state index is 12.8. The number of aromatic nitrogens is 4. The lowest BCUT2D eigenvalue weighted by atomic mass is 10.0. The Morgan fingerprint density at radius 2 is 1.88 bits per heavy atom. The van der Waals surface area contributed by atoms with Crippen LogP contribution in [0.25, 0.3) is 11.1 Å². The van der Waals surface area contributed by atoms with Crippen molar-refractivity contribution in [2.24, 2.45) is 0 Å². The van der Waals surface area contributed by atoms with Gasteiger partial charge in [-0.05, 0) is 35.4 Å². The van der Waals surface area contributed by atoms with Crippen LogP contribution in [0.2, 0.25) is 0 Å². The Morgan fingerprint density at radius 1 is 1.12 bits per heavy atom. The van der Waals surface area contributed by atoms with Crippen molar-refractivity contribution in [3.63, 3.8) is 0 Å². The summed E-state index contributed by atoms with van der Waals surface area (Å²) in [6.07, 6.45) is 0.240. The lowest BCUT2D eigenvalue weighted by Gasteiger charge is -2.09. The van der Waals surface area contributed by atoms with Gasteiger partial charge in [-0.2, -0.15) is 13.2 Å². The van der Waals surface area contributed by atoms with E-state index in [1.807, 2.05) is 38.1 Å². The number of aryl methyl sites for hydroxylation is 1. The van der Waals surface area contributed by atoms with Gasteiger partial charge in [0.1, 0.15) is 6.33 Å². The highest BCUT2D eigenvalue weighted by molar-refractivity contribution is 5.98. The van der Waals surface area contributed by atoms with Crippen molar-refractivity contribution in [3.8, 4) is 11.1 Å². The van der Waals surface area contributed by atoms with E-state index in [2.05, 4.69) is 25.9 Å². The summed E-state index contributed by atoms with van der Waals surface area (Å²) in [5.41, 5.74) is 2.86. The molecule has 4 aromatic rings. The average molecular weight is 469 g/mol. The third-order valence-electron chi connectivity index (χ3n) is 5.18. The normalized spacial score (nSPS) is 12.3. The number of anilines is 2.